The van der Waals surface area contributed by atoms with E-state index in [1.54, 1.807) is 24.3 Å². The highest BCUT2D eigenvalue weighted by atomic mass is 79.9. The summed E-state index contributed by atoms with van der Waals surface area (Å²) in [6, 6.07) is 16.2. The number of para-hydroxylation sites is 1. The van der Waals surface area contributed by atoms with Gasteiger partial charge in [0.15, 0.2) is 0 Å². The molecule has 0 saturated heterocycles. The number of carbonyl (C=O) groups is 1. The summed E-state index contributed by atoms with van der Waals surface area (Å²) in [5, 5.41) is 2.64. The third-order valence-corrected chi connectivity index (χ3v) is 2.52. The van der Waals surface area contributed by atoms with Crippen LogP contribution in [0.3, 0.4) is 0 Å². The van der Waals surface area contributed by atoms with Crippen molar-refractivity contribution in [1.82, 2.24) is 0 Å². The van der Waals surface area contributed by atoms with Crippen LogP contribution in [-0.4, -0.2) is 6.09 Å². The summed E-state index contributed by atoms with van der Waals surface area (Å²) >= 11 is 3.33. The number of ether oxygens (including phenoxy) is 1. The Hall–Kier alpha value is -1.81. The quantitative estimate of drug-likeness (QED) is 0.906. The molecule has 0 aliphatic carbocycles. The van der Waals surface area contributed by atoms with Crippen LogP contribution in [-0.2, 0) is 0 Å². The molecular formula is C13H10BrNO2. The molecule has 2 aromatic rings. The fraction of sp³-hybridized carbons (Fsp3) is 0. The van der Waals surface area contributed by atoms with Gasteiger partial charge in [-0.15, -0.1) is 0 Å². The molecule has 1 N–H and O–H groups in total. The van der Waals surface area contributed by atoms with Crippen molar-refractivity contribution in [2.75, 3.05) is 5.32 Å². The number of rotatable bonds is 2. The second kappa shape index (κ2) is 5.50. The number of hydrogen-bond acceptors (Lipinski definition) is 2. The highest BCUT2D eigenvalue weighted by molar-refractivity contribution is 9.10. The van der Waals surface area contributed by atoms with Crippen molar-refractivity contribution >= 4 is 27.7 Å². The molecule has 0 bridgehead atoms. The molecule has 86 valence electrons. The van der Waals surface area contributed by atoms with Gasteiger partial charge in [-0.1, -0.05) is 40.2 Å². The summed E-state index contributed by atoms with van der Waals surface area (Å²) in [4.78, 5) is 11.5. The molecule has 3 nitrogen and oxygen atoms in total. The van der Waals surface area contributed by atoms with Gasteiger partial charge in [0.05, 0.1) is 0 Å². The molecule has 0 spiro atoms. The van der Waals surface area contributed by atoms with Crippen molar-refractivity contribution in [1.29, 1.82) is 0 Å². The Bertz CT molecular complexity index is 514. The molecule has 2 rings (SSSR count). The first-order valence-electron chi connectivity index (χ1n) is 5.03. The van der Waals surface area contributed by atoms with E-state index in [4.69, 9.17) is 4.74 Å². The summed E-state index contributed by atoms with van der Waals surface area (Å²) in [6.45, 7) is 0. The maximum atomic E-state index is 11.5. The molecule has 0 heterocycles. The molecule has 4 heteroatoms. The summed E-state index contributed by atoms with van der Waals surface area (Å²) in [5.41, 5.74) is 0.681. The van der Waals surface area contributed by atoms with Crippen LogP contribution in [0.1, 0.15) is 0 Å². The van der Waals surface area contributed by atoms with Gasteiger partial charge in [-0.2, -0.15) is 0 Å². The fourth-order valence-electron chi connectivity index (χ4n) is 1.31. The van der Waals surface area contributed by atoms with Crippen molar-refractivity contribution in [2.45, 2.75) is 0 Å². The molecule has 2 aromatic carbocycles. The van der Waals surface area contributed by atoms with E-state index in [-0.39, 0.29) is 0 Å². The zero-order chi connectivity index (χ0) is 12.1. The van der Waals surface area contributed by atoms with Gasteiger partial charge in [-0.25, -0.2) is 4.79 Å². The van der Waals surface area contributed by atoms with Gasteiger partial charge in [0, 0.05) is 10.2 Å². The molecule has 0 fully saturated rings. The molecule has 0 atom stereocenters. The first-order valence-corrected chi connectivity index (χ1v) is 5.83. The maximum absolute atomic E-state index is 11.5. The second-order valence-corrected chi connectivity index (χ2v) is 4.25. The molecule has 0 radical (unpaired) electrons. The largest absolute Gasteiger partial charge is 0.417 e. The van der Waals surface area contributed by atoms with E-state index in [9.17, 15) is 4.79 Å². The standard InChI is InChI=1S/C13H10BrNO2/c14-10-5-4-6-11(9-10)15-13(16)17-12-7-2-1-3-8-12/h1-9H,(H,15,16). The minimum atomic E-state index is -0.505. The van der Waals surface area contributed by atoms with E-state index in [2.05, 4.69) is 21.2 Å². The molecule has 0 aromatic heterocycles. The zero-order valence-electron chi connectivity index (χ0n) is 8.89. The Kier molecular flexibility index (Phi) is 3.77. The highest BCUT2D eigenvalue weighted by Crippen LogP contribution is 2.16. The molecular weight excluding hydrogens is 282 g/mol. The lowest BCUT2D eigenvalue weighted by atomic mass is 10.3. The normalized spacial score (nSPS) is 9.71. The van der Waals surface area contributed by atoms with Gasteiger partial charge in [-0.3, -0.25) is 5.32 Å². The van der Waals surface area contributed by atoms with Crippen LogP contribution < -0.4 is 10.1 Å². The van der Waals surface area contributed by atoms with Gasteiger partial charge < -0.3 is 4.74 Å². The lowest BCUT2D eigenvalue weighted by molar-refractivity contribution is 0.215. The van der Waals surface area contributed by atoms with Crippen LogP contribution >= 0.6 is 15.9 Å². The minimum Gasteiger partial charge on any atom is -0.410 e. The fourth-order valence-corrected chi connectivity index (χ4v) is 1.70. The van der Waals surface area contributed by atoms with Gasteiger partial charge in [-0.05, 0) is 30.3 Å². The van der Waals surface area contributed by atoms with Crippen LogP contribution in [0.15, 0.2) is 59.1 Å². The average Bonchev–Trinajstić information content (AvgIpc) is 2.30. The van der Waals surface area contributed by atoms with Gasteiger partial charge in [0.25, 0.3) is 0 Å². The highest BCUT2D eigenvalue weighted by Gasteiger charge is 2.04. The van der Waals surface area contributed by atoms with Crippen molar-refractivity contribution in [3.63, 3.8) is 0 Å². The smallest absolute Gasteiger partial charge is 0.410 e. The molecule has 1 amide bonds. The second-order valence-electron chi connectivity index (χ2n) is 3.34. The monoisotopic (exact) mass is 291 g/mol. The zero-order valence-corrected chi connectivity index (χ0v) is 10.5. The van der Waals surface area contributed by atoms with Gasteiger partial charge in [0.2, 0.25) is 0 Å². The SMILES string of the molecule is O=C(Nc1cccc(Br)c1)Oc1ccccc1. The average molecular weight is 292 g/mol. The third-order valence-electron chi connectivity index (χ3n) is 2.02. The van der Waals surface area contributed by atoms with E-state index < -0.39 is 6.09 Å². The van der Waals surface area contributed by atoms with Crippen molar-refractivity contribution in [3.8, 4) is 5.75 Å². The molecule has 17 heavy (non-hydrogen) atoms. The number of halogens is 1. The summed E-state index contributed by atoms with van der Waals surface area (Å²) in [7, 11) is 0. The number of benzene rings is 2. The van der Waals surface area contributed by atoms with Crippen LogP contribution in [0, 0.1) is 0 Å². The van der Waals surface area contributed by atoms with E-state index in [1.165, 1.54) is 0 Å². The molecule has 0 aliphatic rings. The topological polar surface area (TPSA) is 38.3 Å². The first kappa shape index (κ1) is 11.7. The minimum absolute atomic E-state index is 0.505. The van der Waals surface area contributed by atoms with Gasteiger partial charge in [0.1, 0.15) is 5.75 Å². The van der Waals surface area contributed by atoms with Crippen molar-refractivity contribution < 1.29 is 9.53 Å². The number of carbonyl (C=O) groups excluding carboxylic acids is 1. The maximum Gasteiger partial charge on any atom is 0.417 e. The number of anilines is 1. The predicted molar refractivity (Wildman–Crippen MR) is 70.2 cm³/mol. The Balaban J connectivity index is 1.98. The Labute approximate surface area is 108 Å². The van der Waals surface area contributed by atoms with Gasteiger partial charge >= 0.3 is 6.09 Å². The summed E-state index contributed by atoms with van der Waals surface area (Å²) in [5.74, 6) is 0.514. The number of nitrogens with one attached hydrogen (secondary N) is 1. The van der Waals surface area contributed by atoms with Crippen LogP contribution in [0.2, 0.25) is 0 Å². The lowest BCUT2D eigenvalue weighted by Gasteiger charge is -2.06. The Morgan fingerprint density at radius 1 is 1.06 bits per heavy atom. The lowest BCUT2D eigenvalue weighted by Crippen LogP contribution is -2.16. The third kappa shape index (κ3) is 3.60. The summed E-state index contributed by atoms with van der Waals surface area (Å²) < 4.78 is 5.99. The predicted octanol–water partition coefficient (Wildman–Crippen LogP) is 4.06. The number of hydrogen-bond donors (Lipinski definition) is 1. The molecule has 0 aliphatic heterocycles. The summed E-state index contributed by atoms with van der Waals surface area (Å²) in [6.07, 6.45) is -0.505. The van der Waals surface area contributed by atoms with E-state index in [1.807, 2.05) is 30.3 Å². The van der Waals surface area contributed by atoms with E-state index in [0.717, 1.165) is 4.47 Å². The van der Waals surface area contributed by atoms with Crippen molar-refractivity contribution in [2.24, 2.45) is 0 Å². The molecule has 0 saturated carbocycles. The Morgan fingerprint density at radius 2 is 1.82 bits per heavy atom. The van der Waals surface area contributed by atoms with E-state index in [0.29, 0.717) is 11.4 Å². The van der Waals surface area contributed by atoms with Crippen molar-refractivity contribution in [3.05, 3.63) is 59.1 Å². The molecule has 0 unspecified atom stereocenters. The van der Waals surface area contributed by atoms with Crippen LogP contribution in [0.25, 0.3) is 0 Å². The first-order chi connectivity index (χ1) is 8.24. The van der Waals surface area contributed by atoms with Crippen LogP contribution in [0.4, 0.5) is 10.5 Å². The van der Waals surface area contributed by atoms with Crippen LogP contribution in [0.5, 0.6) is 5.75 Å². The number of amides is 1. The van der Waals surface area contributed by atoms with E-state index >= 15 is 0 Å². The Morgan fingerprint density at radius 3 is 2.53 bits per heavy atom.